The topological polar surface area (TPSA) is 12.5 Å². The minimum absolute atomic E-state index is 0.555. The average molecular weight is 245 g/mol. The van der Waals surface area contributed by atoms with Gasteiger partial charge in [-0.1, -0.05) is 13.8 Å². The molecule has 96 valence electrons. The molecule has 0 saturated carbocycles. The lowest BCUT2D eigenvalue weighted by molar-refractivity contribution is 0.152. The van der Waals surface area contributed by atoms with Crippen LogP contribution in [-0.2, 0) is 4.74 Å². The molecule has 2 aliphatic rings. The zero-order valence-corrected chi connectivity index (χ0v) is 11.9. The quantitative estimate of drug-likeness (QED) is 0.707. The first-order chi connectivity index (χ1) is 7.85. The van der Waals surface area contributed by atoms with Crippen molar-refractivity contribution in [1.82, 2.24) is 4.90 Å². The fourth-order valence-electron chi connectivity index (χ4n) is 2.62. The third kappa shape index (κ3) is 3.94. The van der Waals surface area contributed by atoms with Crippen molar-refractivity contribution in [1.29, 1.82) is 0 Å². The van der Waals surface area contributed by atoms with E-state index in [1.807, 2.05) is 25.6 Å². The van der Waals surface area contributed by atoms with Crippen molar-refractivity contribution in [2.24, 2.45) is 5.41 Å². The van der Waals surface area contributed by atoms with E-state index in [2.05, 4.69) is 11.2 Å². The molecule has 2 heterocycles. The predicted molar refractivity (Wildman–Crippen MR) is 73.3 cm³/mol. The Bertz CT molecular complexity index is 181. The zero-order chi connectivity index (χ0) is 11.9. The number of hydrogen-bond donors (Lipinski definition) is 0. The maximum Gasteiger partial charge on any atom is 0.0536 e. The molecule has 0 N–H and O–H groups in total. The molecule has 0 aromatic rings. The normalized spacial score (nSPS) is 29.4. The van der Waals surface area contributed by atoms with E-state index in [9.17, 15) is 0 Å². The lowest BCUT2D eigenvalue weighted by Crippen LogP contribution is -2.28. The summed E-state index contributed by atoms with van der Waals surface area (Å²) in [5.74, 6) is 1.31. The van der Waals surface area contributed by atoms with Crippen molar-refractivity contribution in [3.8, 4) is 0 Å². The first kappa shape index (κ1) is 14.3. The molecular formula is C13H27NOS. The van der Waals surface area contributed by atoms with E-state index in [1.165, 1.54) is 44.6 Å². The standard InChI is InChI=1S/C11H21NOS.C2H6/c1-14-8-2-5-12-6-3-11(9-12)4-7-13-10-11;1-2/h2-10H2,1H3;1-2H3. The van der Waals surface area contributed by atoms with Crippen LogP contribution in [0.5, 0.6) is 0 Å². The Hall–Kier alpha value is 0.270. The first-order valence-electron chi connectivity index (χ1n) is 6.64. The van der Waals surface area contributed by atoms with E-state index < -0.39 is 0 Å². The van der Waals surface area contributed by atoms with Crippen LogP contribution in [0.2, 0.25) is 0 Å². The number of nitrogens with zero attached hydrogens (tertiary/aromatic N) is 1. The summed E-state index contributed by atoms with van der Waals surface area (Å²) in [7, 11) is 0. The van der Waals surface area contributed by atoms with Crippen molar-refractivity contribution in [2.75, 3.05) is 44.9 Å². The molecule has 1 atom stereocenters. The van der Waals surface area contributed by atoms with Crippen LogP contribution in [-0.4, -0.2) is 49.8 Å². The maximum absolute atomic E-state index is 5.53. The summed E-state index contributed by atoms with van der Waals surface area (Å²) < 4.78 is 5.53. The maximum atomic E-state index is 5.53. The molecule has 2 fully saturated rings. The summed E-state index contributed by atoms with van der Waals surface area (Å²) in [6, 6.07) is 0. The van der Waals surface area contributed by atoms with E-state index in [-0.39, 0.29) is 0 Å². The van der Waals surface area contributed by atoms with Crippen LogP contribution in [0, 0.1) is 5.41 Å². The molecule has 2 nitrogen and oxygen atoms in total. The van der Waals surface area contributed by atoms with Crippen molar-refractivity contribution in [3.63, 3.8) is 0 Å². The van der Waals surface area contributed by atoms with Crippen LogP contribution in [0.1, 0.15) is 33.1 Å². The molecule has 1 unspecified atom stereocenters. The van der Waals surface area contributed by atoms with Crippen LogP contribution in [0.25, 0.3) is 0 Å². The van der Waals surface area contributed by atoms with Gasteiger partial charge in [0.05, 0.1) is 6.61 Å². The van der Waals surface area contributed by atoms with Crippen molar-refractivity contribution < 1.29 is 4.74 Å². The molecule has 0 aromatic heterocycles. The van der Waals surface area contributed by atoms with Gasteiger partial charge < -0.3 is 9.64 Å². The Morgan fingerprint density at radius 3 is 2.75 bits per heavy atom. The van der Waals surface area contributed by atoms with Gasteiger partial charge in [-0.2, -0.15) is 11.8 Å². The van der Waals surface area contributed by atoms with Gasteiger partial charge in [0.1, 0.15) is 0 Å². The number of thioether (sulfide) groups is 1. The van der Waals surface area contributed by atoms with E-state index in [1.54, 1.807) is 0 Å². The largest absolute Gasteiger partial charge is 0.381 e. The molecule has 0 radical (unpaired) electrons. The van der Waals surface area contributed by atoms with E-state index in [0.29, 0.717) is 5.41 Å². The summed E-state index contributed by atoms with van der Waals surface area (Å²) in [6.07, 6.45) is 6.20. The molecule has 2 saturated heterocycles. The number of ether oxygens (including phenoxy) is 1. The van der Waals surface area contributed by atoms with Gasteiger partial charge in [-0.3, -0.25) is 0 Å². The SMILES string of the molecule is CC.CSCCCN1CCC2(CCOC2)C1. The van der Waals surface area contributed by atoms with Gasteiger partial charge in [-0.15, -0.1) is 0 Å². The molecule has 0 amide bonds. The summed E-state index contributed by atoms with van der Waals surface area (Å²) >= 11 is 1.96. The van der Waals surface area contributed by atoms with Crippen molar-refractivity contribution in [2.45, 2.75) is 33.1 Å². The van der Waals surface area contributed by atoms with Gasteiger partial charge >= 0.3 is 0 Å². The molecule has 2 aliphatic heterocycles. The minimum atomic E-state index is 0.555. The number of rotatable bonds is 4. The molecule has 0 bridgehead atoms. The number of hydrogen-bond acceptors (Lipinski definition) is 3. The highest BCUT2D eigenvalue weighted by molar-refractivity contribution is 7.98. The molecular weight excluding hydrogens is 218 g/mol. The average Bonchev–Trinajstić information content (AvgIpc) is 2.94. The zero-order valence-electron chi connectivity index (χ0n) is 11.1. The van der Waals surface area contributed by atoms with Crippen molar-refractivity contribution >= 4 is 11.8 Å². The molecule has 0 aromatic carbocycles. The van der Waals surface area contributed by atoms with E-state index in [4.69, 9.17) is 4.74 Å². The Balaban J connectivity index is 0.000000606. The molecule has 16 heavy (non-hydrogen) atoms. The monoisotopic (exact) mass is 245 g/mol. The van der Waals surface area contributed by atoms with Gasteiger partial charge in [0.2, 0.25) is 0 Å². The van der Waals surface area contributed by atoms with Crippen LogP contribution >= 0.6 is 11.8 Å². The molecule has 2 rings (SSSR count). The summed E-state index contributed by atoms with van der Waals surface area (Å²) in [5, 5.41) is 0. The first-order valence-corrected chi connectivity index (χ1v) is 8.03. The van der Waals surface area contributed by atoms with Gasteiger partial charge in [-0.25, -0.2) is 0 Å². The third-order valence-electron chi connectivity index (χ3n) is 3.53. The summed E-state index contributed by atoms with van der Waals surface area (Å²) in [5.41, 5.74) is 0.555. The third-order valence-corrected chi connectivity index (χ3v) is 4.22. The predicted octanol–water partition coefficient (Wildman–Crippen LogP) is 2.88. The molecule has 1 spiro atoms. The highest BCUT2D eigenvalue weighted by atomic mass is 32.2. The van der Waals surface area contributed by atoms with Gasteiger partial charge in [0, 0.05) is 18.6 Å². The Morgan fingerprint density at radius 1 is 1.31 bits per heavy atom. The van der Waals surface area contributed by atoms with Crippen LogP contribution in [0.15, 0.2) is 0 Å². The lowest BCUT2D eigenvalue weighted by atomic mass is 9.87. The van der Waals surface area contributed by atoms with E-state index in [0.717, 1.165) is 13.2 Å². The van der Waals surface area contributed by atoms with Crippen LogP contribution in [0.3, 0.4) is 0 Å². The van der Waals surface area contributed by atoms with Crippen LogP contribution < -0.4 is 0 Å². The fourth-order valence-corrected chi connectivity index (χ4v) is 3.04. The van der Waals surface area contributed by atoms with Crippen molar-refractivity contribution in [3.05, 3.63) is 0 Å². The molecule has 3 heteroatoms. The second kappa shape index (κ2) is 7.57. The Morgan fingerprint density at radius 2 is 2.12 bits per heavy atom. The number of likely N-dealkylation sites (tertiary alicyclic amines) is 1. The second-order valence-electron chi connectivity index (χ2n) is 4.68. The molecule has 0 aliphatic carbocycles. The Kier molecular flexibility index (Phi) is 6.78. The highest BCUT2D eigenvalue weighted by Gasteiger charge is 2.40. The highest BCUT2D eigenvalue weighted by Crippen LogP contribution is 2.38. The van der Waals surface area contributed by atoms with Gasteiger partial charge in [0.25, 0.3) is 0 Å². The summed E-state index contributed by atoms with van der Waals surface area (Å²) in [6.45, 7) is 9.91. The van der Waals surface area contributed by atoms with Gasteiger partial charge in [-0.05, 0) is 44.4 Å². The minimum Gasteiger partial charge on any atom is -0.381 e. The Labute approximate surface area is 105 Å². The smallest absolute Gasteiger partial charge is 0.0536 e. The fraction of sp³-hybridized carbons (Fsp3) is 1.00. The van der Waals surface area contributed by atoms with E-state index >= 15 is 0 Å². The van der Waals surface area contributed by atoms with Crippen LogP contribution in [0.4, 0.5) is 0 Å². The summed E-state index contributed by atoms with van der Waals surface area (Å²) in [4.78, 5) is 2.63. The lowest BCUT2D eigenvalue weighted by Gasteiger charge is -2.21. The van der Waals surface area contributed by atoms with Gasteiger partial charge in [0.15, 0.2) is 0 Å². The second-order valence-corrected chi connectivity index (χ2v) is 5.66.